The van der Waals surface area contributed by atoms with Crippen molar-refractivity contribution in [3.63, 3.8) is 0 Å². The highest BCUT2D eigenvalue weighted by Crippen LogP contribution is 2.32. The molecule has 0 aliphatic carbocycles. The first-order valence-corrected chi connectivity index (χ1v) is 7.98. The van der Waals surface area contributed by atoms with Crippen LogP contribution in [-0.2, 0) is 9.59 Å². The van der Waals surface area contributed by atoms with Crippen LogP contribution in [0.4, 0.5) is 4.79 Å². The van der Waals surface area contributed by atoms with Gasteiger partial charge in [-0.1, -0.05) is 20.8 Å². The normalized spacial score (nSPS) is 20.4. The van der Waals surface area contributed by atoms with Gasteiger partial charge in [0.2, 0.25) is 11.8 Å². The van der Waals surface area contributed by atoms with Gasteiger partial charge in [-0.2, -0.15) is 11.8 Å². The predicted octanol–water partition coefficient (Wildman–Crippen LogP) is 1.87. The molecule has 0 saturated carbocycles. The van der Waals surface area contributed by atoms with Crippen LogP contribution in [0.1, 0.15) is 33.6 Å². The number of nitrogens with one attached hydrogen (secondary N) is 1. The number of thioether (sulfide) groups is 1. The molecule has 5 nitrogen and oxygen atoms in total. The minimum Gasteiger partial charge on any atom is -0.277 e. The highest BCUT2D eigenvalue weighted by atomic mass is 32.2. The SMILES string of the molecule is CCC1(CC)C(=O)NC(=O)N(CC(C)CSC)C1=O. The first-order chi connectivity index (χ1) is 8.92. The molecule has 1 heterocycles. The molecule has 108 valence electrons. The Labute approximate surface area is 118 Å². The third-order valence-electron chi connectivity index (χ3n) is 3.71. The van der Waals surface area contributed by atoms with Gasteiger partial charge in [-0.15, -0.1) is 0 Å². The van der Waals surface area contributed by atoms with Crippen molar-refractivity contribution in [2.75, 3.05) is 18.6 Å². The Bertz CT molecular complexity index is 380. The fourth-order valence-corrected chi connectivity index (χ4v) is 3.09. The zero-order chi connectivity index (χ0) is 14.6. The van der Waals surface area contributed by atoms with E-state index in [1.54, 1.807) is 25.6 Å². The molecule has 1 rings (SSSR count). The molecule has 0 spiro atoms. The van der Waals surface area contributed by atoms with Crippen LogP contribution < -0.4 is 5.32 Å². The molecule has 1 unspecified atom stereocenters. The summed E-state index contributed by atoms with van der Waals surface area (Å²) in [6.45, 7) is 5.97. The highest BCUT2D eigenvalue weighted by molar-refractivity contribution is 7.98. The number of urea groups is 1. The molecule has 0 aromatic carbocycles. The number of imide groups is 2. The quantitative estimate of drug-likeness (QED) is 0.757. The number of carbonyl (C=O) groups is 3. The van der Waals surface area contributed by atoms with Crippen LogP contribution in [0, 0.1) is 11.3 Å². The van der Waals surface area contributed by atoms with Crippen LogP contribution in [0.2, 0.25) is 0 Å². The van der Waals surface area contributed by atoms with Crippen molar-refractivity contribution < 1.29 is 14.4 Å². The average Bonchev–Trinajstić information content (AvgIpc) is 2.36. The molecule has 4 amide bonds. The largest absolute Gasteiger partial charge is 0.330 e. The maximum Gasteiger partial charge on any atom is 0.330 e. The summed E-state index contributed by atoms with van der Waals surface area (Å²) in [5, 5.41) is 2.32. The lowest BCUT2D eigenvalue weighted by atomic mass is 9.78. The van der Waals surface area contributed by atoms with Crippen LogP contribution in [0.25, 0.3) is 0 Å². The lowest BCUT2D eigenvalue weighted by molar-refractivity contribution is -0.152. The van der Waals surface area contributed by atoms with Crippen LogP contribution >= 0.6 is 11.8 Å². The van der Waals surface area contributed by atoms with E-state index in [-0.39, 0.29) is 11.8 Å². The maximum atomic E-state index is 12.5. The number of barbiturate groups is 1. The number of rotatable bonds is 6. The number of carbonyl (C=O) groups excluding carboxylic acids is 3. The Morgan fingerprint density at radius 2 is 1.84 bits per heavy atom. The lowest BCUT2D eigenvalue weighted by Crippen LogP contribution is -2.64. The van der Waals surface area contributed by atoms with E-state index < -0.39 is 17.4 Å². The highest BCUT2D eigenvalue weighted by Gasteiger charge is 2.51. The molecule has 0 radical (unpaired) electrons. The number of amides is 4. The van der Waals surface area contributed by atoms with Crippen molar-refractivity contribution in [1.29, 1.82) is 0 Å². The molecule has 0 aromatic heterocycles. The van der Waals surface area contributed by atoms with Crippen molar-refractivity contribution in [3.05, 3.63) is 0 Å². The fourth-order valence-electron chi connectivity index (χ4n) is 2.42. The molecular weight excluding hydrogens is 264 g/mol. The van der Waals surface area contributed by atoms with Crippen LogP contribution in [-0.4, -0.2) is 41.3 Å². The predicted molar refractivity (Wildman–Crippen MR) is 75.8 cm³/mol. The van der Waals surface area contributed by atoms with Gasteiger partial charge in [-0.25, -0.2) is 4.79 Å². The molecule has 0 aromatic rings. The Kier molecular flexibility index (Phi) is 5.40. The van der Waals surface area contributed by atoms with Gasteiger partial charge in [0.1, 0.15) is 5.41 Å². The van der Waals surface area contributed by atoms with E-state index in [2.05, 4.69) is 5.32 Å². The summed E-state index contributed by atoms with van der Waals surface area (Å²) in [5.41, 5.74) is -1.08. The minimum absolute atomic E-state index is 0.212. The van der Waals surface area contributed by atoms with Gasteiger partial charge in [0.25, 0.3) is 0 Å². The van der Waals surface area contributed by atoms with E-state index in [9.17, 15) is 14.4 Å². The van der Waals surface area contributed by atoms with Gasteiger partial charge in [0, 0.05) is 6.54 Å². The van der Waals surface area contributed by atoms with E-state index >= 15 is 0 Å². The van der Waals surface area contributed by atoms with E-state index in [1.807, 2.05) is 13.2 Å². The van der Waals surface area contributed by atoms with E-state index in [4.69, 9.17) is 0 Å². The van der Waals surface area contributed by atoms with Crippen molar-refractivity contribution >= 4 is 29.6 Å². The number of hydrogen-bond acceptors (Lipinski definition) is 4. The average molecular weight is 286 g/mol. The van der Waals surface area contributed by atoms with Gasteiger partial charge in [-0.3, -0.25) is 19.8 Å². The molecule has 6 heteroatoms. The molecule has 1 saturated heterocycles. The zero-order valence-corrected chi connectivity index (χ0v) is 12.8. The summed E-state index contributed by atoms with van der Waals surface area (Å²) in [7, 11) is 0. The van der Waals surface area contributed by atoms with E-state index in [1.165, 1.54) is 4.90 Å². The van der Waals surface area contributed by atoms with Gasteiger partial charge in [0.05, 0.1) is 0 Å². The van der Waals surface area contributed by atoms with Crippen LogP contribution in [0.5, 0.6) is 0 Å². The van der Waals surface area contributed by atoms with Crippen molar-refractivity contribution in [2.45, 2.75) is 33.6 Å². The van der Waals surface area contributed by atoms with Gasteiger partial charge < -0.3 is 0 Å². The summed E-state index contributed by atoms with van der Waals surface area (Å²) in [5.74, 6) is 0.278. The molecule has 0 bridgehead atoms. The second-order valence-electron chi connectivity index (χ2n) is 5.02. The van der Waals surface area contributed by atoms with Gasteiger partial charge in [-0.05, 0) is 30.8 Å². The lowest BCUT2D eigenvalue weighted by Gasteiger charge is -2.39. The molecule has 1 aliphatic rings. The third kappa shape index (κ3) is 2.94. The molecular formula is C13H22N2O3S. The molecule has 1 N–H and O–H groups in total. The Morgan fingerprint density at radius 1 is 1.26 bits per heavy atom. The molecule has 19 heavy (non-hydrogen) atoms. The fraction of sp³-hybridized carbons (Fsp3) is 0.769. The topological polar surface area (TPSA) is 66.5 Å². The van der Waals surface area contributed by atoms with E-state index in [0.717, 1.165) is 5.75 Å². The molecule has 1 atom stereocenters. The summed E-state index contributed by atoms with van der Waals surface area (Å²) in [4.78, 5) is 37.5. The first kappa shape index (κ1) is 16.0. The minimum atomic E-state index is -1.08. The monoisotopic (exact) mass is 286 g/mol. The van der Waals surface area contributed by atoms with Crippen LogP contribution in [0.15, 0.2) is 0 Å². The maximum absolute atomic E-state index is 12.5. The van der Waals surface area contributed by atoms with Gasteiger partial charge >= 0.3 is 6.03 Å². The Morgan fingerprint density at radius 3 is 2.32 bits per heavy atom. The first-order valence-electron chi connectivity index (χ1n) is 6.59. The number of nitrogens with zero attached hydrogens (tertiary/aromatic N) is 1. The third-order valence-corrected chi connectivity index (χ3v) is 4.61. The standard InChI is InChI=1S/C13H22N2O3S/c1-5-13(6-2)10(16)14-12(18)15(11(13)17)7-9(3)8-19-4/h9H,5-8H2,1-4H3,(H,14,16,18). The second kappa shape index (κ2) is 6.41. The van der Waals surface area contributed by atoms with Crippen molar-refractivity contribution in [3.8, 4) is 0 Å². The Balaban J connectivity index is 2.95. The smallest absolute Gasteiger partial charge is 0.277 e. The van der Waals surface area contributed by atoms with Crippen LogP contribution in [0.3, 0.4) is 0 Å². The second-order valence-corrected chi connectivity index (χ2v) is 5.94. The number of hydrogen-bond donors (Lipinski definition) is 1. The zero-order valence-electron chi connectivity index (χ0n) is 12.0. The van der Waals surface area contributed by atoms with Crippen molar-refractivity contribution in [1.82, 2.24) is 10.2 Å². The summed E-state index contributed by atoms with van der Waals surface area (Å²) in [6, 6.07) is -0.583. The summed E-state index contributed by atoms with van der Waals surface area (Å²) >= 11 is 1.68. The summed E-state index contributed by atoms with van der Waals surface area (Å²) in [6.07, 6.45) is 2.81. The molecule has 1 fully saturated rings. The molecule has 1 aliphatic heterocycles. The van der Waals surface area contributed by atoms with Crippen molar-refractivity contribution in [2.24, 2.45) is 11.3 Å². The van der Waals surface area contributed by atoms with E-state index in [0.29, 0.717) is 19.4 Å². The summed E-state index contributed by atoms with van der Waals surface area (Å²) < 4.78 is 0. The Hall–Kier alpha value is -1.04. The van der Waals surface area contributed by atoms with Gasteiger partial charge in [0.15, 0.2) is 0 Å².